The normalized spacial score (nSPS) is 18.5. The second-order valence-corrected chi connectivity index (χ2v) is 8.22. The number of pyridine rings is 1. The molecule has 2 N–H and O–H groups in total. The van der Waals surface area contributed by atoms with Gasteiger partial charge in [0.1, 0.15) is 22.7 Å². The van der Waals surface area contributed by atoms with E-state index >= 15 is 0 Å². The topological polar surface area (TPSA) is 109 Å². The van der Waals surface area contributed by atoms with E-state index < -0.39 is 6.09 Å². The highest BCUT2D eigenvalue weighted by Crippen LogP contribution is 2.37. The van der Waals surface area contributed by atoms with Gasteiger partial charge in [0, 0.05) is 24.0 Å². The van der Waals surface area contributed by atoms with Crippen molar-refractivity contribution in [1.29, 1.82) is 5.26 Å². The highest BCUT2D eigenvalue weighted by molar-refractivity contribution is 6.01. The van der Waals surface area contributed by atoms with E-state index in [4.69, 9.17) is 15.0 Å². The van der Waals surface area contributed by atoms with Crippen molar-refractivity contribution in [2.45, 2.75) is 44.7 Å². The lowest BCUT2D eigenvalue weighted by atomic mass is 9.84. The number of ether oxygens (including phenoxy) is 1. The van der Waals surface area contributed by atoms with Gasteiger partial charge in [0.05, 0.1) is 24.3 Å². The monoisotopic (exact) mass is 428 g/mol. The SMILES string of the molecule is N#CC[C@H]1CC[C@@H](n2c(CNC(=O)Oc3ccccc3)nc3cnc4[nH]ccc4c32)CC1. The molecule has 32 heavy (non-hydrogen) atoms. The minimum atomic E-state index is -0.516. The molecule has 0 unspecified atom stereocenters. The predicted octanol–water partition coefficient (Wildman–Crippen LogP) is 4.85. The molecule has 1 aliphatic carbocycles. The molecule has 8 heteroatoms. The fraction of sp³-hybridized carbons (Fsp3) is 0.333. The number of carbonyl (C=O) groups is 1. The Balaban J connectivity index is 1.43. The Kier molecular flexibility index (Phi) is 5.46. The molecular formula is C24H24N6O2. The van der Waals surface area contributed by atoms with Crippen LogP contribution in [-0.2, 0) is 6.54 Å². The molecule has 1 aromatic carbocycles. The molecule has 4 aromatic rings. The number of amides is 1. The van der Waals surface area contributed by atoms with Crippen LogP contribution >= 0.6 is 0 Å². The molecule has 0 spiro atoms. The van der Waals surface area contributed by atoms with Gasteiger partial charge in [0.15, 0.2) is 0 Å². The number of carbonyl (C=O) groups excluding carboxylic acids is 1. The van der Waals surface area contributed by atoms with Crippen LogP contribution in [0.25, 0.3) is 22.1 Å². The molecule has 0 radical (unpaired) electrons. The zero-order chi connectivity index (χ0) is 21.9. The maximum Gasteiger partial charge on any atom is 0.412 e. The average molecular weight is 428 g/mol. The lowest BCUT2D eigenvalue weighted by Gasteiger charge is -2.30. The largest absolute Gasteiger partial charge is 0.412 e. The van der Waals surface area contributed by atoms with Crippen molar-refractivity contribution in [2.75, 3.05) is 0 Å². The summed E-state index contributed by atoms with van der Waals surface area (Å²) < 4.78 is 7.62. The summed E-state index contributed by atoms with van der Waals surface area (Å²) >= 11 is 0. The first-order valence-corrected chi connectivity index (χ1v) is 10.9. The van der Waals surface area contributed by atoms with Crippen molar-refractivity contribution in [3.8, 4) is 11.8 Å². The van der Waals surface area contributed by atoms with E-state index in [1.165, 1.54) is 0 Å². The van der Waals surface area contributed by atoms with Crippen LogP contribution in [0.5, 0.6) is 5.75 Å². The lowest BCUT2D eigenvalue weighted by Crippen LogP contribution is -2.29. The Hall–Kier alpha value is -3.86. The number of aromatic amines is 1. The van der Waals surface area contributed by atoms with E-state index in [-0.39, 0.29) is 12.6 Å². The third kappa shape index (κ3) is 3.89. The van der Waals surface area contributed by atoms with Gasteiger partial charge in [-0.1, -0.05) is 18.2 Å². The number of imidazole rings is 1. The predicted molar refractivity (Wildman–Crippen MR) is 120 cm³/mol. The molecule has 0 saturated heterocycles. The Morgan fingerprint density at radius 2 is 2.03 bits per heavy atom. The fourth-order valence-corrected chi connectivity index (χ4v) is 4.68. The highest BCUT2D eigenvalue weighted by Gasteiger charge is 2.27. The van der Waals surface area contributed by atoms with Crippen molar-refractivity contribution in [3.63, 3.8) is 0 Å². The van der Waals surface area contributed by atoms with Crippen LogP contribution < -0.4 is 10.1 Å². The van der Waals surface area contributed by atoms with Crippen molar-refractivity contribution in [3.05, 3.63) is 54.6 Å². The van der Waals surface area contributed by atoms with Gasteiger partial charge in [0.25, 0.3) is 0 Å². The van der Waals surface area contributed by atoms with E-state index in [1.54, 1.807) is 18.3 Å². The number of hydrogen-bond donors (Lipinski definition) is 2. The van der Waals surface area contributed by atoms with E-state index in [0.717, 1.165) is 53.6 Å². The number of fused-ring (bicyclic) bond motifs is 3. The van der Waals surface area contributed by atoms with E-state index in [0.29, 0.717) is 18.1 Å². The first-order chi connectivity index (χ1) is 15.7. The standard InChI is InChI=1S/C24H24N6O2/c25-12-10-16-6-8-17(9-7-16)30-21(15-28-24(31)32-18-4-2-1-3-5-18)29-20-14-27-23-19(22(20)30)11-13-26-23/h1-5,11,13-14,16-17H,6-10,15H2,(H,26,27)(H,28,31)/t16-,17+. The van der Waals surface area contributed by atoms with Gasteiger partial charge in [-0.15, -0.1) is 0 Å². The number of nitrogens with zero attached hydrogens (tertiary/aromatic N) is 4. The molecule has 3 heterocycles. The Morgan fingerprint density at radius 1 is 1.22 bits per heavy atom. The highest BCUT2D eigenvalue weighted by atomic mass is 16.6. The summed E-state index contributed by atoms with van der Waals surface area (Å²) in [6.45, 7) is 0.254. The first kappa shape index (κ1) is 20.1. The summed E-state index contributed by atoms with van der Waals surface area (Å²) in [6, 6.07) is 13.6. The van der Waals surface area contributed by atoms with Crippen molar-refractivity contribution in [1.82, 2.24) is 24.8 Å². The molecule has 0 aliphatic heterocycles. The molecule has 0 bridgehead atoms. The third-order valence-electron chi connectivity index (χ3n) is 6.21. The second kappa shape index (κ2) is 8.71. The molecule has 0 atom stereocenters. The number of H-pyrrole nitrogens is 1. The van der Waals surface area contributed by atoms with Gasteiger partial charge >= 0.3 is 6.09 Å². The van der Waals surface area contributed by atoms with Crippen molar-refractivity contribution < 1.29 is 9.53 Å². The number of nitrogens with one attached hydrogen (secondary N) is 2. The zero-order valence-electron chi connectivity index (χ0n) is 17.6. The van der Waals surface area contributed by atoms with Crippen LogP contribution in [0, 0.1) is 17.2 Å². The van der Waals surface area contributed by atoms with E-state index in [1.807, 2.05) is 30.5 Å². The second-order valence-electron chi connectivity index (χ2n) is 8.22. The smallest absolute Gasteiger partial charge is 0.410 e. The minimum Gasteiger partial charge on any atom is -0.410 e. The van der Waals surface area contributed by atoms with Gasteiger partial charge in [-0.25, -0.2) is 14.8 Å². The van der Waals surface area contributed by atoms with Crippen LogP contribution in [0.1, 0.15) is 44.0 Å². The zero-order valence-corrected chi connectivity index (χ0v) is 17.6. The summed E-state index contributed by atoms with van der Waals surface area (Å²) in [7, 11) is 0. The summed E-state index contributed by atoms with van der Waals surface area (Å²) in [4.78, 5) is 24.8. The Bertz CT molecular complexity index is 1280. The quantitative estimate of drug-likeness (QED) is 0.472. The van der Waals surface area contributed by atoms with E-state index in [9.17, 15) is 4.79 Å². The molecule has 1 fully saturated rings. The van der Waals surface area contributed by atoms with Gasteiger partial charge in [0.2, 0.25) is 0 Å². The van der Waals surface area contributed by atoms with Gasteiger partial charge in [-0.2, -0.15) is 5.26 Å². The van der Waals surface area contributed by atoms with Crippen molar-refractivity contribution in [2.24, 2.45) is 5.92 Å². The number of rotatable bonds is 5. The summed E-state index contributed by atoms with van der Waals surface area (Å²) in [5, 5.41) is 12.9. The van der Waals surface area contributed by atoms with Crippen LogP contribution in [0.3, 0.4) is 0 Å². The van der Waals surface area contributed by atoms with E-state index in [2.05, 4.69) is 25.9 Å². The van der Waals surface area contributed by atoms with Gasteiger partial charge in [-0.05, 0) is 49.8 Å². The molecular weight excluding hydrogens is 404 g/mol. The molecule has 1 saturated carbocycles. The summed E-state index contributed by atoms with van der Waals surface area (Å²) in [5.41, 5.74) is 2.66. The van der Waals surface area contributed by atoms with Gasteiger partial charge < -0.3 is 19.6 Å². The molecule has 8 nitrogen and oxygen atoms in total. The number of benzene rings is 1. The average Bonchev–Trinajstić information content (AvgIpc) is 3.43. The molecule has 1 amide bonds. The molecule has 1 aliphatic rings. The molecule has 162 valence electrons. The number of para-hydroxylation sites is 1. The fourth-order valence-electron chi connectivity index (χ4n) is 4.68. The number of hydrogen-bond acceptors (Lipinski definition) is 5. The van der Waals surface area contributed by atoms with Crippen LogP contribution in [0.2, 0.25) is 0 Å². The Labute approximate surface area is 185 Å². The van der Waals surface area contributed by atoms with Crippen LogP contribution in [0.4, 0.5) is 4.79 Å². The van der Waals surface area contributed by atoms with Crippen LogP contribution in [-0.4, -0.2) is 25.6 Å². The summed E-state index contributed by atoms with van der Waals surface area (Å²) in [5.74, 6) is 1.74. The van der Waals surface area contributed by atoms with Crippen LogP contribution in [0.15, 0.2) is 48.8 Å². The maximum absolute atomic E-state index is 12.4. The van der Waals surface area contributed by atoms with Crippen molar-refractivity contribution >= 4 is 28.2 Å². The molecule has 3 aromatic heterocycles. The number of nitriles is 1. The van der Waals surface area contributed by atoms with Gasteiger partial charge in [-0.3, -0.25) is 0 Å². The Morgan fingerprint density at radius 3 is 2.81 bits per heavy atom. The third-order valence-corrected chi connectivity index (χ3v) is 6.21. The minimum absolute atomic E-state index is 0.254. The lowest BCUT2D eigenvalue weighted by molar-refractivity contribution is 0.199. The number of aromatic nitrogens is 4. The first-order valence-electron chi connectivity index (χ1n) is 10.9. The maximum atomic E-state index is 12.4. The molecule has 5 rings (SSSR count). The summed E-state index contributed by atoms with van der Waals surface area (Å²) in [6.07, 6.45) is 7.75.